The number of nitrogens with one attached hydrogen (secondary N) is 1. The highest BCUT2D eigenvalue weighted by Gasteiger charge is 2.46. The summed E-state index contributed by atoms with van der Waals surface area (Å²) in [7, 11) is -15.1. The topological polar surface area (TPSA) is 135 Å². The first kappa shape index (κ1) is 27.6. The highest BCUT2D eigenvalue weighted by atomic mass is 32.2. The van der Waals surface area contributed by atoms with Gasteiger partial charge in [0.2, 0.25) is 19.7 Å². The minimum absolute atomic E-state index is 0.0216. The van der Waals surface area contributed by atoms with Crippen LogP contribution in [0.15, 0.2) is 86.3 Å². The van der Waals surface area contributed by atoms with Gasteiger partial charge in [0.05, 0.1) is 14.7 Å². The van der Waals surface area contributed by atoms with E-state index in [1.165, 1.54) is 16.9 Å². The summed E-state index contributed by atoms with van der Waals surface area (Å²) in [6.45, 7) is 1.10. The van der Waals surface area contributed by atoms with Crippen LogP contribution < -0.4 is 4.72 Å². The Kier molecular flexibility index (Phi) is 7.25. The highest BCUT2D eigenvalue weighted by Crippen LogP contribution is 2.34. The average molecular weight is 568 g/mol. The van der Waals surface area contributed by atoms with Crippen molar-refractivity contribution in [3.8, 4) is 5.75 Å². The number of hydrogen-bond acceptors (Lipinski definition) is 7. The lowest BCUT2D eigenvalue weighted by Crippen LogP contribution is -2.37. The number of sulfone groups is 2. The quantitative estimate of drug-likeness (QED) is 0.416. The molecule has 2 N–H and O–H groups in total. The number of alkyl halides is 3. The Bertz CT molecular complexity index is 1620. The van der Waals surface area contributed by atoms with Crippen molar-refractivity contribution in [2.45, 2.75) is 38.1 Å². The molecule has 3 aromatic rings. The van der Waals surface area contributed by atoms with E-state index in [0.717, 1.165) is 55.5 Å². The van der Waals surface area contributed by atoms with Crippen molar-refractivity contribution in [2.75, 3.05) is 0 Å². The van der Waals surface area contributed by atoms with Crippen molar-refractivity contribution in [2.24, 2.45) is 0 Å². The van der Waals surface area contributed by atoms with Gasteiger partial charge in [-0.25, -0.2) is 34.4 Å². The van der Waals surface area contributed by atoms with Gasteiger partial charge in [-0.3, -0.25) is 0 Å². The Balaban J connectivity index is 2.05. The van der Waals surface area contributed by atoms with E-state index in [4.69, 9.17) is 0 Å². The normalized spacial score (nSPS) is 13.9. The predicted molar refractivity (Wildman–Crippen MR) is 118 cm³/mol. The van der Waals surface area contributed by atoms with E-state index in [1.807, 2.05) is 0 Å². The highest BCUT2D eigenvalue weighted by molar-refractivity contribution is 7.94. The number of hydrogen-bond donors (Lipinski definition) is 2. The van der Waals surface area contributed by atoms with Gasteiger partial charge in [0.15, 0.2) is 0 Å². The van der Waals surface area contributed by atoms with Gasteiger partial charge in [-0.1, -0.05) is 24.3 Å². The van der Waals surface area contributed by atoms with Crippen LogP contribution in [0.2, 0.25) is 0 Å². The number of halogens is 4. The summed E-state index contributed by atoms with van der Waals surface area (Å²) in [5.41, 5.74) is -5.57. The van der Waals surface area contributed by atoms with Crippen molar-refractivity contribution in [3.05, 3.63) is 78.1 Å². The summed E-state index contributed by atoms with van der Waals surface area (Å²) in [6, 6.07) is 9.18. The van der Waals surface area contributed by atoms with Gasteiger partial charge in [0, 0.05) is 12.1 Å². The van der Waals surface area contributed by atoms with Crippen molar-refractivity contribution in [1.82, 2.24) is 4.72 Å². The fraction of sp³-hybridized carbons (Fsp3) is 0.143. The second kappa shape index (κ2) is 9.46. The average Bonchev–Trinajstić information content (AvgIpc) is 2.78. The van der Waals surface area contributed by atoms with Gasteiger partial charge in [-0.05, 0) is 48.9 Å². The Morgan fingerprint density at radius 2 is 1.36 bits per heavy atom. The molecule has 0 aliphatic rings. The number of phenols is 1. The zero-order valence-corrected chi connectivity index (χ0v) is 20.5. The fourth-order valence-corrected chi connectivity index (χ4v) is 7.28. The van der Waals surface area contributed by atoms with Crippen LogP contribution in [0.5, 0.6) is 5.75 Å². The van der Waals surface area contributed by atoms with Gasteiger partial charge in [0.1, 0.15) is 16.5 Å². The molecule has 0 radical (unpaired) electrons. The van der Waals surface area contributed by atoms with Crippen molar-refractivity contribution in [3.63, 3.8) is 0 Å². The van der Waals surface area contributed by atoms with Crippen molar-refractivity contribution >= 4 is 29.7 Å². The third kappa shape index (κ3) is 5.23. The minimum atomic E-state index is -5.67. The van der Waals surface area contributed by atoms with Crippen LogP contribution >= 0.6 is 0 Å². The van der Waals surface area contributed by atoms with Crippen LogP contribution in [-0.2, 0) is 29.7 Å². The Labute approximate surface area is 204 Å². The number of rotatable bonds is 7. The number of aromatic hydroxyl groups is 1. The summed E-state index contributed by atoms with van der Waals surface area (Å²) in [4.78, 5) is -3.01. The van der Waals surface area contributed by atoms with Crippen LogP contribution in [0.4, 0.5) is 17.6 Å². The molecule has 0 heterocycles. The summed E-state index contributed by atoms with van der Waals surface area (Å²) in [5, 5.41) is 9.81. The standard InChI is InChI=1S/C21H17F4NO7S3/c1-13(26-36(32,33)21(23,24)25)14-6-9-16(10-7-14)34(28,29)19-11-8-15(27)12-20(19)35(30,31)18-5-3-2-4-17(18)22/h2-13,26-27H,1H3/t13-/m0/s1. The summed E-state index contributed by atoms with van der Waals surface area (Å²) >= 11 is 0. The maximum atomic E-state index is 14.2. The van der Waals surface area contributed by atoms with E-state index in [2.05, 4.69) is 0 Å². The number of phenolic OH excluding ortho intramolecular Hbond substituents is 1. The SMILES string of the molecule is C[C@H](NS(=O)(=O)C(F)(F)F)c1ccc(S(=O)(=O)c2ccc(O)cc2S(=O)(=O)c2ccccc2F)cc1. The van der Waals surface area contributed by atoms with E-state index in [1.54, 1.807) is 0 Å². The maximum absolute atomic E-state index is 14.2. The molecular weight excluding hydrogens is 550 g/mol. The predicted octanol–water partition coefficient (Wildman–Crippen LogP) is 3.70. The molecule has 3 aromatic carbocycles. The van der Waals surface area contributed by atoms with Crippen LogP contribution in [0.1, 0.15) is 18.5 Å². The smallest absolute Gasteiger partial charge is 0.508 e. The van der Waals surface area contributed by atoms with Crippen LogP contribution in [-0.4, -0.2) is 35.9 Å². The van der Waals surface area contributed by atoms with Crippen LogP contribution in [0.3, 0.4) is 0 Å². The Morgan fingerprint density at radius 3 is 1.92 bits per heavy atom. The first-order chi connectivity index (χ1) is 16.5. The molecule has 0 bridgehead atoms. The number of benzene rings is 3. The molecule has 36 heavy (non-hydrogen) atoms. The molecule has 1 atom stereocenters. The Hall–Kier alpha value is -3.01. The first-order valence-corrected chi connectivity index (χ1v) is 14.2. The van der Waals surface area contributed by atoms with E-state index in [9.17, 15) is 47.9 Å². The van der Waals surface area contributed by atoms with Gasteiger partial charge in [-0.2, -0.15) is 13.2 Å². The van der Waals surface area contributed by atoms with Gasteiger partial charge >= 0.3 is 15.5 Å². The molecule has 3 rings (SSSR count). The zero-order chi connectivity index (χ0) is 27.1. The Morgan fingerprint density at radius 1 is 0.778 bits per heavy atom. The lowest BCUT2D eigenvalue weighted by Gasteiger charge is -2.17. The van der Waals surface area contributed by atoms with E-state index in [0.29, 0.717) is 6.07 Å². The molecule has 0 saturated carbocycles. The number of sulfonamides is 1. The van der Waals surface area contributed by atoms with Crippen molar-refractivity contribution in [1.29, 1.82) is 0 Å². The molecular formula is C21H17F4NO7S3. The van der Waals surface area contributed by atoms with E-state index in [-0.39, 0.29) is 5.56 Å². The summed E-state index contributed by atoms with van der Waals surface area (Å²) in [5.74, 6) is -1.76. The summed E-state index contributed by atoms with van der Waals surface area (Å²) in [6.07, 6.45) is 0. The zero-order valence-electron chi connectivity index (χ0n) is 18.1. The molecule has 0 unspecified atom stereocenters. The maximum Gasteiger partial charge on any atom is 0.511 e. The molecule has 0 aliphatic carbocycles. The third-order valence-corrected chi connectivity index (χ3v) is 10.0. The van der Waals surface area contributed by atoms with Gasteiger partial charge in [-0.15, -0.1) is 0 Å². The van der Waals surface area contributed by atoms with E-state index < -0.39 is 72.4 Å². The second-order valence-corrected chi connectivity index (χ2v) is 12.9. The first-order valence-electron chi connectivity index (χ1n) is 9.75. The fourth-order valence-electron chi connectivity index (χ4n) is 3.14. The molecule has 0 saturated heterocycles. The van der Waals surface area contributed by atoms with Crippen LogP contribution in [0.25, 0.3) is 0 Å². The molecule has 194 valence electrons. The molecule has 0 fully saturated rings. The lowest BCUT2D eigenvalue weighted by atomic mass is 10.1. The largest absolute Gasteiger partial charge is 0.511 e. The lowest BCUT2D eigenvalue weighted by molar-refractivity contribution is -0.0450. The van der Waals surface area contributed by atoms with Crippen molar-refractivity contribution < 1.29 is 47.9 Å². The molecule has 15 heteroatoms. The monoisotopic (exact) mass is 567 g/mol. The van der Waals surface area contributed by atoms with E-state index >= 15 is 0 Å². The van der Waals surface area contributed by atoms with Gasteiger partial charge < -0.3 is 5.11 Å². The van der Waals surface area contributed by atoms with Gasteiger partial charge in [0.25, 0.3) is 0 Å². The molecule has 0 spiro atoms. The molecule has 0 aliphatic heterocycles. The third-order valence-electron chi connectivity index (χ3n) is 4.96. The minimum Gasteiger partial charge on any atom is -0.508 e. The molecule has 0 amide bonds. The molecule has 8 nitrogen and oxygen atoms in total. The second-order valence-electron chi connectivity index (χ2n) is 7.43. The van der Waals surface area contributed by atoms with Crippen LogP contribution in [0, 0.1) is 5.82 Å². The summed E-state index contributed by atoms with van der Waals surface area (Å²) < 4.78 is 129. The molecule has 0 aromatic heterocycles.